The molecule has 0 aliphatic carbocycles. The van der Waals surface area contributed by atoms with Crippen LogP contribution in [0.4, 0.5) is 0 Å². The molecule has 0 aliphatic heterocycles. The summed E-state index contributed by atoms with van der Waals surface area (Å²) in [6, 6.07) is 0. The molecule has 0 heterocycles. The van der Waals surface area contributed by atoms with Crippen LogP contribution < -0.4 is 0 Å². The maximum atomic E-state index is 3.93. The Balaban J connectivity index is 3.75. The highest BCUT2D eigenvalue weighted by Crippen LogP contribution is 2.01. The number of hydrogen-bond acceptors (Lipinski definition) is 0. The first-order valence-electron chi connectivity index (χ1n) is 4.56. The summed E-state index contributed by atoms with van der Waals surface area (Å²) in [5.74, 6) is 0. The van der Waals surface area contributed by atoms with Crippen LogP contribution in [0.25, 0.3) is 0 Å². The Labute approximate surface area is 81.7 Å². The largest absolute Gasteiger partial charge is 0.0955 e. The van der Waals surface area contributed by atoms with E-state index >= 15 is 0 Å². The molecular formula is C13H18. The van der Waals surface area contributed by atoms with Gasteiger partial charge in [0.05, 0.1) is 0 Å². The summed E-state index contributed by atoms with van der Waals surface area (Å²) in [6.45, 7) is 7.93. The molecule has 0 radical (unpaired) electrons. The zero-order chi connectivity index (χ0) is 9.94. The summed E-state index contributed by atoms with van der Waals surface area (Å²) in [4.78, 5) is 0. The number of allylic oxidation sites excluding steroid dienone is 9. The summed E-state index contributed by atoms with van der Waals surface area (Å²) in [5, 5.41) is 0. The summed E-state index contributed by atoms with van der Waals surface area (Å²) in [6.07, 6.45) is 17.1. The molecule has 0 aromatic carbocycles. The molecule has 13 heavy (non-hydrogen) atoms. The fourth-order valence-electron chi connectivity index (χ4n) is 0.780. The van der Waals surface area contributed by atoms with Crippen molar-refractivity contribution in [1.29, 1.82) is 0 Å². The molecule has 0 bridgehead atoms. The lowest BCUT2D eigenvalue weighted by molar-refractivity contribution is 1.30. The van der Waals surface area contributed by atoms with Gasteiger partial charge >= 0.3 is 0 Å². The Hall–Kier alpha value is -1.30. The van der Waals surface area contributed by atoms with Crippen molar-refractivity contribution in [1.82, 2.24) is 0 Å². The third-order valence-electron chi connectivity index (χ3n) is 1.46. The molecule has 0 saturated heterocycles. The average molecular weight is 174 g/mol. The molecular weight excluding hydrogens is 156 g/mol. The Morgan fingerprint density at radius 2 is 1.62 bits per heavy atom. The standard InChI is InChI=1S/C13H18/c1-4-6-8-10-12-13(3)11-9-7-5-2/h4-11H,3,12H2,1-2H3/b6-4-,7-5-,10-8-,11-9-. The van der Waals surface area contributed by atoms with Crippen molar-refractivity contribution in [3.8, 4) is 0 Å². The van der Waals surface area contributed by atoms with Gasteiger partial charge in [-0.1, -0.05) is 60.8 Å². The van der Waals surface area contributed by atoms with Gasteiger partial charge in [0.2, 0.25) is 0 Å². The molecule has 0 N–H and O–H groups in total. The third-order valence-corrected chi connectivity index (χ3v) is 1.46. The van der Waals surface area contributed by atoms with E-state index in [0.717, 1.165) is 12.0 Å². The lowest BCUT2D eigenvalue weighted by atomic mass is 10.2. The van der Waals surface area contributed by atoms with Crippen molar-refractivity contribution >= 4 is 0 Å². The van der Waals surface area contributed by atoms with Crippen LogP contribution in [0.3, 0.4) is 0 Å². The van der Waals surface area contributed by atoms with E-state index in [9.17, 15) is 0 Å². The Bertz CT molecular complexity index is 237. The molecule has 0 aromatic heterocycles. The molecule has 0 atom stereocenters. The second-order valence-corrected chi connectivity index (χ2v) is 2.70. The molecule has 0 saturated carbocycles. The lowest BCUT2D eigenvalue weighted by Crippen LogP contribution is -1.70. The van der Waals surface area contributed by atoms with E-state index in [1.807, 2.05) is 56.4 Å². The van der Waals surface area contributed by atoms with E-state index in [1.165, 1.54) is 0 Å². The van der Waals surface area contributed by atoms with Gasteiger partial charge in [-0.15, -0.1) is 0 Å². The number of hydrogen-bond donors (Lipinski definition) is 0. The van der Waals surface area contributed by atoms with Gasteiger partial charge in [-0.3, -0.25) is 0 Å². The minimum absolute atomic E-state index is 0.915. The van der Waals surface area contributed by atoms with Crippen LogP contribution in [0.2, 0.25) is 0 Å². The smallest absolute Gasteiger partial charge is 0.0100 e. The maximum absolute atomic E-state index is 3.93. The van der Waals surface area contributed by atoms with Crippen LogP contribution in [-0.4, -0.2) is 0 Å². The quantitative estimate of drug-likeness (QED) is 0.548. The van der Waals surface area contributed by atoms with Crippen LogP contribution >= 0.6 is 0 Å². The average Bonchev–Trinajstić information content (AvgIpc) is 2.13. The Kier molecular flexibility index (Phi) is 7.91. The minimum Gasteiger partial charge on any atom is -0.0955 e. The highest BCUT2D eigenvalue weighted by molar-refractivity contribution is 5.22. The molecule has 0 unspecified atom stereocenters. The molecule has 0 amide bonds. The predicted octanol–water partition coefficient (Wildman–Crippen LogP) is 4.20. The van der Waals surface area contributed by atoms with Crippen LogP contribution in [0.15, 0.2) is 60.8 Å². The van der Waals surface area contributed by atoms with E-state index < -0.39 is 0 Å². The van der Waals surface area contributed by atoms with E-state index in [1.54, 1.807) is 0 Å². The van der Waals surface area contributed by atoms with Crippen molar-refractivity contribution in [2.24, 2.45) is 0 Å². The van der Waals surface area contributed by atoms with Crippen molar-refractivity contribution in [2.45, 2.75) is 20.3 Å². The normalized spacial score (nSPS) is 12.8. The van der Waals surface area contributed by atoms with E-state index in [0.29, 0.717) is 0 Å². The van der Waals surface area contributed by atoms with E-state index in [-0.39, 0.29) is 0 Å². The van der Waals surface area contributed by atoms with E-state index in [2.05, 4.69) is 12.7 Å². The van der Waals surface area contributed by atoms with Gasteiger partial charge in [-0.05, 0) is 20.3 Å². The van der Waals surface area contributed by atoms with Crippen LogP contribution in [0, 0.1) is 0 Å². The van der Waals surface area contributed by atoms with Gasteiger partial charge in [0.1, 0.15) is 0 Å². The monoisotopic (exact) mass is 174 g/mol. The van der Waals surface area contributed by atoms with Crippen LogP contribution in [0.5, 0.6) is 0 Å². The lowest BCUT2D eigenvalue weighted by Gasteiger charge is -1.90. The fourth-order valence-corrected chi connectivity index (χ4v) is 0.780. The topological polar surface area (TPSA) is 0 Å². The fraction of sp³-hybridized carbons (Fsp3) is 0.231. The first-order valence-corrected chi connectivity index (χ1v) is 4.56. The summed E-state index contributed by atoms with van der Waals surface area (Å²) in [5.41, 5.74) is 1.12. The second-order valence-electron chi connectivity index (χ2n) is 2.70. The highest BCUT2D eigenvalue weighted by atomic mass is 13.9. The number of rotatable bonds is 5. The van der Waals surface area contributed by atoms with Gasteiger partial charge < -0.3 is 0 Å². The van der Waals surface area contributed by atoms with E-state index in [4.69, 9.17) is 0 Å². The first-order chi connectivity index (χ1) is 6.31. The van der Waals surface area contributed by atoms with Gasteiger partial charge in [0, 0.05) is 0 Å². The van der Waals surface area contributed by atoms with Gasteiger partial charge in [-0.25, -0.2) is 0 Å². The summed E-state index contributed by atoms with van der Waals surface area (Å²) < 4.78 is 0. The molecule has 0 fully saturated rings. The van der Waals surface area contributed by atoms with Gasteiger partial charge in [-0.2, -0.15) is 0 Å². The van der Waals surface area contributed by atoms with Crippen molar-refractivity contribution in [2.75, 3.05) is 0 Å². The predicted molar refractivity (Wildman–Crippen MR) is 61.7 cm³/mol. The highest BCUT2D eigenvalue weighted by Gasteiger charge is 1.80. The molecule has 0 spiro atoms. The Morgan fingerprint density at radius 1 is 1.00 bits per heavy atom. The second kappa shape index (κ2) is 8.79. The third kappa shape index (κ3) is 8.61. The zero-order valence-corrected chi connectivity index (χ0v) is 8.53. The summed E-state index contributed by atoms with van der Waals surface area (Å²) >= 11 is 0. The SMILES string of the molecule is C=C(/C=C\C=C/C)C/C=C\C=C/C. The van der Waals surface area contributed by atoms with Crippen molar-refractivity contribution in [3.63, 3.8) is 0 Å². The van der Waals surface area contributed by atoms with Crippen LogP contribution in [0.1, 0.15) is 20.3 Å². The first kappa shape index (κ1) is 11.7. The molecule has 0 aromatic rings. The maximum Gasteiger partial charge on any atom is -0.0100 e. The molecule has 0 heteroatoms. The van der Waals surface area contributed by atoms with Crippen molar-refractivity contribution < 1.29 is 0 Å². The zero-order valence-electron chi connectivity index (χ0n) is 8.53. The Morgan fingerprint density at radius 3 is 2.23 bits per heavy atom. The summed E-state index contributed by atoms with van der Waals surface area (Å²) in [7, 11) is 0. The molecule has 0 rings (SSSR count). The molecule has 70 valence electrons. The molecule has 0 nitrogen and oxygen atoms in total. The minimum atomic E-state index is 0.915. The molecule has 0 aliphatic rings. The van der Waals surface area contributed by atoms with Gasteiger partial charge in [0.15, 0.2) is 0 Å². The van der Waals surface area contributed by atoms with Crippen LogP contribution in [-0.2, 0) is 0 Å². The van der Waals surface area contributed by atoms with Gasteiger partial charge in [0.25, 0.3) is 0 Å². The van der Waals surface area contributed by atoms with Crippen molar-refractivity contribution in [3.05, 3.63) is 60.8 Å².